The standard InChI is InChI=1S/C15H13FN2O4/c16-10-1-3-12(4-2-10)21-14-6-5-13(22-14)9-7-11(8-9)18(20)15(17)19/h1-7,11,20H,8H2,(H2,17,19). The van der Waals surface area contributed by atoms with Crippen molar-refractivity contribution < 1.29 is 23.5 Å². The van der Waals surface area contributed by atoms with Gasteiger partial charge in [-0.15, -0.1) is 0 Å². The third-order valence-electron chi connectivity index (χ3n) is 3.29. The minimum atomic E-state index is -0.903. The molecule has 0 aliphatic heterocycles. The number of nitrogens with zero attached hydrogens (tertiary/aromatic N) is 1. The first kappa shape index (κ1) is 14.2. The molecule has 2 amide bonds. The number of hydroxylamine groups is 2. The Bertz CT molecular complexity index is 723. The lowest BCUT2D eigenvalue weighted by atomic mass is 9.91. The minimum absolute atomic E-state index is 0.265. The summed E-state index contributed by atoms with van der Waals surface area (Å²) in [5, 5.41) is 9.84. The van der Waals surface area contributed by atoms with Crippen LogP contribution in [0.4, 0.5) is 9.18 Å². The molecule has 0 saturated carbocycles. The Morgan fingerprint density at radius 1 is 1.32 bits per heavy atom. The summed E-state index contributed by atoms with van der Waals surface area (Å²) in [5.41, 5.74) is 5.80. The highest BCUT2D eigenvalue weighted by Crippen LogP contribution is 2.35. The van der Waals surface area contributed by atoms with Crippen molar-refractivity contribution in [3.63, 3.8) is 0 Å². The van der Waals surface area contributed by atoms with E-state index in [0.717, 1.165) is 5.57 Å². The number of carbonyl (C=O) groups is 1. The molecule has 0 spiro atoms. The molecule has 3 rings (SSSR count). The highest BCUT2D eigenvalue weighted by molar-refractivity contribution is 5.75. The van der Waals surface area contributed by atoms with E-state index in [1.807, 2.05) is 0 Å². The van der Waals surface area contributed by atoms with Crippen molar-refractivity contribution in [1.82, 2.24) is 5.06 Å². The van der Waals surface area contributed by atoms with E-state index in [-0.39, 0.29) is 11.8 Å². The number of carbonyl (C=O) groups excluding carboxylic acids is 1. The summed E-state index contributed by atoms with van der Waals surface area (Å²) in [4.78, 5) is 10.8. The second-order valence-corrected chi connectivity index (χ2v) is 4.82. The molecule has 2 aromatic rings. The first-order valence-electron chi connectivity index (χ1n) is 6.55. The maximum Gasteiger partial charge on any atom is 0.339 e. The number of ether oxygens (including phenoxy) is 1. The normalized spacial score (nSPS) is 16.6. The van der Waals surface area contributed by atoms with E-state index in [9.17, 15) is 14.4 Å². The van der Waals surface area contributed by atoms with Crippen molar-refractivity contribution >= 4 is 11.6 Å². The van der Waals surface area contributed by atoms with Crippen molar-refractivity contribution in [2.24, 2.45) is 5.73 Å². The van der Waals surface area contributed by atoms with Crippen LogP contribution in [0.1, 0.15) is 12.2 Å². The molecule has 7 heteroatoms. The monoisotopic (exact) mass is 304 g/mol. The number of urea groups is 1. The van der Waals surface area contributed by atoms with Gasteiger partial charge in [-0.2, -0.15) is 5.06 Å². The van der Waals surface area contributed by atoms with E-state index in [2.05, 4.69) is 0 Å². The quantitative estimate of drug-likeness (QED) is 0.671. The van der Waals surface area contributed by atoms with Crippen LogP contribution >= 0.6 is 0 Å². The molecule has 1 aliphatic rings. The molecule has 1 heterocycles. The van der Waals surface area contributed by atoms with Gasteiger partial charge < -0.3 is 14.9 Å². The smallest absolute Gasteiger partial charge is 0.339 e. The molecule has 1 aliphatic carbocycles. The Hall–Kier alpha value is -2.80. The molecule has 1 aromatic carbocycles. The largest absolute Gasteiger partial charge is 0.426 e. The van der Waals surface area contributed by atoms with Gasteiger partial charge in [0.05, 0.1) is 6.04 Å². The van der Waals surface area contributed by atoms with E-state index in [0.29, 0.717) is 23.0 Å². The SMILES string of the molecule is NC(=O)N(O)C1C=C(c2ccc(Oc3ccc(F)cc3)o2)C1. The van der Waals surface area contributed by atoms with Gasteiger partial charge in [0.1, 0.15) is 17.3 Å². The van der Waals surface area contributed by atoms with Gasteiger partial charge in [0, 0.05) is 12.5 Å². The van der Waals surface area contributed by atoms with E-state index in [1.165, 1.54) is 24.3 Å². The number of furan rings is 1. The maximum absolute atomic E-state index is 12.8. The molecule has 0 fully saturated rings. The van der Waals surface area contributed by atoms with Gasteiger partial charge in [-0.25, -0.2) is 9.18 Å². The number of benzene rings is 1. The lowest BCUT2D eigenvalue weighted by Crippen LogP contribution is -2.43. The fraction of sp³-hybridized carbons (Fsp3) is 0.133. The van der Waals surface area contributed by atoms with Gasteiger partial charge in [0.2, 0.25) is 0 Å². The van der Waals surface area contributed by atoms with Crippen LogP contribution in [0.25, 0.3) is 5.57 Å². The second-order valence-electron chi connectivity index (χ2n) is 4.82. The molecule has 1 aromatic heterocycles. The molecule has 0 radical (unpaired) electrons. The van der Waals surface area contributed by atoms with Gasteiger partial charge in [0.25, 0.3) is 5.95 Å². The number of hydrogen-bond acceptors (Lipinski definition) is 4. The van der Waals surface area contributed by atoms with Crippen LogP contribution in [0.3, 0.4) is 0 Å². The van der Waals surface area contributed by atoms with E-state index in [4.69, 9.17) is 14.9 Å². The molecule has 1 unspecified atom stereocenters. The third-order valence-corrected chi connectivity index (χ3v) is 3.29. The van der Waals surface area contributed by atoms with Crippen molar-refractivity contribution in [1.29, 1.82) is 0 Å². The number of primary amides is 1. The lowest BCUT2D eigenvalue weighted by molar-refractivity contribution is -0.0633. The zero-order valence-corrected chi connectivity index (χ0v) is 11.4. The van der Waals surface area contributed by atoms with Crippen LogP contribution in [0.5, 0.6) is 11.7 Å². The first-order valence-corrected chi connectivity index (χ1v) is 6.55. The number of halogens is 1. The van der Waals surface area contributed by atoms with Crippen LogP contribution < -0.4 is 10.5 Å². The highest BCUT2D eigenvalue weighted by Gasteiger charge is 2.29. The molecule has 22 heavy (non-hydrogen) atoms. The van der Waals surface area contributed by atoms with Gasteiger partial charge >= 0.3 is 6.03 Å². The Labute approximate surface area is 125 Å². The predicted molar refractivity (Wildman–Crippen MR) is 74.8 cm³/mol. The summed E-state index contributed by atoms with van der Waals surface area (Å²) in [7, 11) is 0. The van der Waals surface area contributed by atoms with Crippen molar-refractivity contribution in [3.05, 3.63) is 54.1 Å². The number of nitrogens with two attached hydrogens (primary N) is 1. The summed E-state index contributed by atoms with van der Waals surface area (Å²) >= 11 is 0. The van der Waals surface area contributed by atoms with Crippen LogP contribution in [-0.4, -0.2) is 22.3 Å². The van der Waals surface area contributed by atoms with Gasteiger partial charge in [-0.05, 0) is 35.9 Å². The van der Waals surface area contributed by atoms with Gasteiger partial charge in [-0.1, -0.05) is 6.08 Å². The minimum Gasteiger partial charge on any atom is -0.426 e. The Kier molecular flexibility index (Phi) is 3.56. The Balaban J connectivity index is 1.66. The lowest BCUT2D eigenvalue weighted by Gasteiger charge is -2.29. The van der Waals surface area contributed by atoms with E-state index in [1.54, 1.807) is 18.2 Å². The molecule has 6 nitrogen and oxygen atoms in total. The van der Waals surface area contributed by atoms with Crippen LogP contribution in [0.15, 0.2) is 46.9 Å². The van der Waals surface area contributed by atoms with Gasteiger partial charge in [0.15, 0.2) is 0 Å². The average molecular weight is 304 g/mol. The van der Waals surface area contributed by atoms with Crippen molar-refractivity contribution in [2.45, 2.75) is 12.5 Å². The first-order chi connectivity index (χ1) is 10.5. The highest BCUT2D eigenvalue weighted by atomic mass is 19.1. The molecule has 0 saturated heterocycles. The zero-order chi connectivity index (χ0) is 15.7. The predicted octanol–water partition coefficient (Wildman–Crippen LogP) is 3.14. The van der Waals surface area contributed by atoms with Crippen molar-refractivity contribution in [2.75, 3.05) is 0 Å². The summed E-state index contributed by atoms with van der Waals surface area (Å²) in [6.45, 7) is 0. The topological polar surface area (TPSA) is 88.9 Å². The van der Waals surface area contributed by atoms with E-state index >= 15 is 0 Å². The molecular formula is C15H13FN2O4. The zero-order valence-electron chi connectivity index (χ0n) is 11.4. The van der Waals surface area contributed by atoms with E-state index < -0.39 is 12.1 Å². The fourth-order valence-corrected chi connectivity index (χ4v) is 2.09. The average Bonchev–Trinajstić information content (AvgIpc) is 2.88. The number of amides is 2. The van der Waals surface area contributed by atoms with Crippen molar-refractivity contribution in [3.8, 4) is 11.7 Å². The van der Waals surface area contributed by atoms with Crippen LogP contribution in [-0.2, 0) is 0 Å². The molecule has 0 bridgehead atoms. The summed E-state index contributed by atoms with van der Waals surface area (Å²) in [5.74, 6) is 0.951. The third kappa shape index (κ3) is 2.79. The Morgan fingerprint density at radius 3 is 2.64 bits per heavy atom. The van der Waals surface area contributed by atoms with Crippen LogP contribution in [0.2, 0.25) is 0 Å². The maximum atomic E-state index is 12.8. The Morgan fingerprint density at radius 2 is 2.00 bits per heavy atom. The van der Waals surface area contributed by atoms with Crippen LogP contribution in [0, 0.1) is 5.82 Å². The molecule has 1 atom stereocenters. The summed E-state index contributed by atoms with van der Waals surface area (Å²) < 4.78 is 23.8. The fourth-order valence-electron chi connectivity index (χ4n) is 2.09. The summed E-state index contributed by atoms with van der Waals surface area (Å²) in [6, 6.07) is 7.57. The molecule has 114 valence electrons. The summed E-state index contributed by atoms with van der Waals surface area (Å²) in [6.07, 6.45) is 2.11. The molecular weight excluding hydrogens is 291 g/mol. The number of rotatable bonds is 4. The number of hydrogen-bond donors (Lipinski definition) is 2. The molecule has 3 N–H and O–H groups in total. The second kappa shape index (κ2) is 5.53. The van der Waals surface area contributed by atoms with Gasteiger partial charge in [-0.3, -0.25) is 5.21 Å².